The molecule has 106 valence electrons. The molecule has 1 N–H and O–H groups in total. The van der Waals surface area contributed by atoms with Crippen LogP contribution < -0.4 is 5.32 Å². The standard InChI is InChI=1S/C18H23NO/c1-12-9-10-16(20-12)13(2)19-17-15-8-6-5-7-14(15)11-18(17,3)4/h5-10,13,17,19H,11H2,1-4H3. The van der Waals surface area contributed by atoms with E-state index in [4.69, 9.17) is 4.42 Å². The molecule has 2 heteroatoms. The van der Waals surface area contributed by atoms with Crippen molar-refractivity contribution in [3.05, 3.63) is 59.0 Å². The smallest absolute Gasteiger partial charge is 0.120 e. The first-order valence-electron chi connectivity index (χ1n) is 7.37. The number of hydrogen-bond donors (Lipinski definition) is 1. The molecule has 2 unspecified atom stereocenters. The SMILES string of the molecule is Cc1ccc(C(C)NC2c3ccccc3CC2(C)C)o1. The Morgan fingerprint density at radius 2 is 1.95 bits per heavy atom. The first-order chi connectivity index (χ1) is 9.47. The summed E-state index contributed by atoms with van der Waals surface area (Å²) >= 11 is 0. The van der Waals surface area contributed by atoms with Crippen molar-refractivity contribution in [3.63, 3.8) is 0 Å². The fourth-order valence-electron chi connectivity index (χ4n) is 3.32. The molecular weight excluding hydrogens is 246 g/mol. The molecule has 20 heavy (non-hydrogen) atoms. The van der Waals surface area contributed by atoms with Crippen LogP contribution in [0.25, 0.3) is 0 Å². The van der Waals surface area contributed by atoms with Gasteiger partial charge in [-0.15, -0.1) is 0 Å². The van der Waals surface area contributed by atoms with Crippen LogP contribution in [0.5, 0.6) is 0 Å². The van der Waals surface area contributed by atoms with Gasteiger partial charge in [0.25, 0.3) is 0 Å². The molecule has 0 radical (unpaired) electrons. The normalized spacial score (nSPS) is 21.7. The lowest BCUT2D eigenvalue weighted by Crippen LogP contribution is -2.32. The first kappa shape index (κ1) is 13.4. The van der Waals surface area contributed by atoms with Crippen molar-refractivity contribution >= 4 is 0 Å². The van der Waals surface area contributed by atoms with E-state index in [1.54, 1.807) is 0 Å². The average molecular weight is 269 g/mol. The van der Waals surface area contributed by atoms with E-state index >= 15 is 0 Å². The number of nitrogens with one attached hydrogen (secondary N) is 1. The van der Waals surface area contributed by atoms with Gasteiger partial charge in [0.2, 0.25) is 0 Å². The third kappa shape index (κ3) is 2.29. The maximum absolute atomic E-state index is 5.75. The minimum absolute atomic E-state index is 0.221. The number of fused-ring (bicyclic) bond motifs is 1. The zero-order chi connectivity index (χ0) is 14.3. The molecule has 0 fully saturated rings. The highest BCUT2D eigenvalue weighted by atomic mass is 16.3. The number of furan rings is 1. The van der Waals surface area contributed by atoms with Crippen molar-refractivity contribution in [2.45, 2.75) is 46.2 Å². The molecule has 0 saturated carbocycles. The van der Waals surface area contributed by atoms with Gasteiger partial charge in [-0.05, 0) is 48.9 Å². The molecule has 1 aliphatic rings. The summed E-state index contributed by atoms with van der Waals surface area (Å²) in [5, 5.41) is 3.76. The molecule has 0 amide bonds. The summed E-state index contributed by atoms with van der Waals surface area (Å²) in [5.41, 5.74) is 3.14. The predicted octanol–water partition coefficient (Wildman–Crippen LogP) is 4.56. The third-order valence-corrected chi connectivity index (χ3v) is 4.40. The van der Waals surface area contributed by atoms with Gasteiger partial charge in [0.1, 0.15) is 11.5 Å². The van der Waals surface area contributed by atoms with Gasteiger partial charge in [0.05, 0.1) is 6.04 Å². The van der Waals surface area contributed by atoms with E-state index in [0.29, 0.717) is 6.04 Å². The van der Waals surface area contributed by atoms with Crippen molar-refractivity contribution in [2.24, 2.45) is 5.41 Å². The lowest BCUT2D eigenvalue weighted by atomic mass is 9.85. The summed E-state index contributed by atoms with van der Waals surface area (Å²) in [6, 6.07) is 13.5. The zero-order valence-corrected chi connectivity index (χ0v) is 12.7. The van der Waals surface area contributed by atoms with Gasteiger partial charge >= 0.3 is 0 Å². The minimum atomic E-state index is 0.221. The fourth-order valence-corrected chi connectivity index (χ4v) is 3.32. The summed E-state index contributed by atoms with van der Waals surface area (Å²) in [7, 11) is 0. The molecule has 1 aromatic carbocycles. The highest BCUT2D eigenvalue weighted by Gasteiger charge is 2.39. The largest absolute Gasteiger partial charge is 0.465 e. The Labute approximate surface area is 121 Å². The lowest BCUT2D eigenvalue weighted by Gasteiger charge is -2.31. The van der Waals surface area contributed by atoms with Crippen LogP contribution >= 0.6 is 0 Å². The number of benzene rings is 1. The quantitative estimate of drug-likeness (QED) is 0.883. The van der Waals surface area contributed by atoms with E-state index in [2.05, 4.69) is 56.4 Å². The van der Waals surface area contributed by atoms with E-state index < -0.39 is 0 Å². The molecular formula is C18H23NO. The van der Waals surface area contributed by atoms with Crippen LogP contribution in [-0.4, -0.2) is 0 Å². The summed E-state index contributed by atoms with van der Waals surface area (Å²) in [5.74, 6) is 1.99. The predicted molar refractivity (Wildman–Crippen MR) is 81.7 cm³/mol. The summed E-state index contributed by atoms with van der Waals surface area (Å²) in [4.78, 5) is 0. The Morgan fingerprint density at radius 3 is 2.65 bits per heavy atom. The first-order valence-corrected chi connectivity index (χ1v) is 7.37. The third-order valence-electron chi connectivity index (χ3n) is 4.40. The van der Waals surface area contributed by atoms with Gasteiger partial charge in [0.15, 0.2) is 0 Å². The summed E-state index contributed by atoms with van der Waals surface area (Å²) in [6.45, 7) is 8.84. The highest BCUT2D eigenvalue weighted by Crippen LogP contribution is 2.46. The van der Waals surface area contributed by atoms with E-state index in [0.717, 1.165) is 17.9 Å². The van der Waals surface area contributed by atoms with E-state index in [1.807, 2.05) is 13.0 Å². The van der Waals surface area contributed by atoms with E-state index in [-0.39, 0.29) is 11.5 Å². The van der Waals surface area contributed by atoms with Crippen LogP contribution in [0.15, 0.2) is 40.8 Å². The molecule has 2 nitrogen and oxygen atoms in total. The molecule has 2 atom stereocenters. The van der Waals surface area contributed by atoms with Crippen LogP contribution in [0.2, 0.25) is 0 Å². The minimum Gasteiger partial charge on any atom is -0.465 e. The van der Waals surface area contributed by atoms with Gasteiger partial charge in [-0.25, -0.2) is 0 Å². The Balaban J connectivity index is 1.86. The number of rotatable bonds is 3. The fraction of sp³-hybridized carbons (Fsp3) is 0.444. The second-order valence-corrected chi connectivity index (χ2v) is 6.63. The van der Waals surface area contributed by atoms with Gasteiger partial charge in [-0.1, -0.05) is 38.1 Å². The number of hydrogen-bond acceptors (Lipinski definition) is 2. The molecule has 1 aromatic heterocycles. The van der Waals surface area contributed by atoms with E-state index in [1.165, 1.54) is 11.1 Å². The highest BCUT2D eigenvalue weighted by molar-refractivity contribution is 5.37. The van der Waals surface area contributed by atoms with Crippen LogP contribution in [0, 0.1) is 12.3 Å². The molecule has 0 saturated heterocycles. The molecule has 0 aliphatic heterocycles. The van der Waals surface area contributed by atoms with Crippen LogP contribution in [0.1, 0.15) is 55.5 Å². The Kier molecular flexibility index (Phi) is 3.21. The Bertz CT molecular complexity index is 611. The Morgan fingerprint density at radius 1 is 1.20 bits per heavy atom. The van der Waals surface area contributed by atoms with Gasteiger partial charge in [-0.2, -0.15) is 0 Å². The molecule has 2 aromatic rings. The van der Waals surface area contributed by atoms with Crippen molar-refractivity contribution in [1.82, 2.24) is 5.32 Å². The second kappa shape index (κ2) is 4.78. The van der Waals surface area contributed by atoms with Crippen molar-refractivity contribution in [3.8, 4) is 0 Å². The monoisotopic (exact) mass is 269 g/mol. The summed E-state index contributed by atoms with van der Waals surface area (Å²) < 4.78 is 5.75. The molecule has 1 aliphatic carbocycles. The van der Waals surface area contributed by atoms with Crippen molar-refractivity contribution in [2.75, 3.05) is 0 Å². The maximum atomic E-state index is 5.75. The van der Waals surface area contributed by atoms with Crippen LogP contribution in [0.4, 0.5) is 0 Å². The zero-order valence-electron chi connectivity index (χ0n) is 12.7. The Hall–Kier alpha value is -1.54. The lowest BCUT2D eigenvalue weighted by molar-refractivity contribution is 0.242. The van der Waals surface area contributed by atoms with Gasteiger partial charge in [-0.3, -0.25) is 0 Å². The average Bonchev–Trinajstić information content (AvgIpc) is 2.92. The number of aryl methyl sites for hydroxylation is 1. The van der Waals surface area contributed by atoms with Crippen molar-refractivity contribution < 1.29 is 4.42 Å². The summed E-state index contributed by atoms with van der Waals surface area (Å²) in [6.07, 6.45) is 1.13. The van der Waals surface area contributed by atoms with Gasteiger partial charge < -0.3 is 9.73 Å². The molecule has 3 rings (SSSR count). The molecule has 0 bridgehead atoms. The van der Waals surface area contributed by atoms with Crippen molar-refractivity contribution in [1.29, 1.82) is 0 Å². The van der Waals surface area contributed by atoms with Crippen LogP contribution in [0.3, 0.4) is 0 Å². The van der Waals surface area contributed by atoms with Gasteiger partial charge in [0, 0.05) is 6.04 Å². The molecule has 0 spiro atoms. The second-order valence-electron chi connectivity index (χ2n) is 6.63. The van der Waals surface area contributed by atoms with Crippen LogP contribution in [-0.2, 0) is 6.42 Å². The van der Waals surface area contributed by atoms with E-state index in [9.17, 15) is 0 Å². The topological polar surface area (TPSA) is 25.2 Å². The maximum Gasteiger partial charge on any atom is 0.120 e. The molecule has 1 heterocycles.